The Bertz CT molecular complexity index is 1600. The molecule has 3 aromatic carbocycles. The van der Waals surface area contributed by atoms with E-state index < -0.39 is 27.8 Å². The van der Waals surface area contributed by atoms with Crippen molar-refractivity contribution in [3.05, 3.63) is 72.0 Å². The summed E-state index contributed by atoms with van der Waals surface area (Å²) in [7, 11) is -4.26. The normalized spacial score (nSPS) is 14.6. The van der Waals surface area contributed by atoms with Crippen LogP contribution >= 0.6 is 0 Å². The SMILES string of the molecule is CCOC(=O)c1c(C)oc2ccc(N(C(=O)C3CCCCC3)S(=O)(=O)c3ccc4ccccc4c3)cc12. The molecule has 1 heterocycles. The number of nitrogens with zero attached hydrogens (tertiary/aromatic N) is 1. The van der Waals surface area contributed by atoms with Crippen LogP contribution in [0.15, 0.2) is 70.0 Å². The second-order valence-corrected chi connectivity index (χ2v) is 11.2. The van der Waals surface area contributed by atoms with E-state index in [0.717, 1.165) is 34.3 Å². The first kappa shape index (κ1) is 25.0. The van der Waals surface area contributed by atoms with Gasteiger partial charge >= 0.3 is 5.97 Å². The van der Waals surface area contributed by atoms with Crippen LogP contribution < -0.4 is 4.31 Å². The zero-order valence-corrected chi connectivity index (χ0v) is 21.7. The summed E-state index contributed by atoms with van der Waals surface area (Å²) in [6.07, 6.45) is 4.08. The molecule has 192 valence electrons. The largest absolute Gasteiger partial charge is 0.462 e. The van der Waals surface area contributed by atoms with Gasteiger partial charge in [-0.1, -0.05) is 49.6 Å². The van der Waals surface area contributed by atoms with Gasteiger partial charge in [0, 0.05) is 11.3 Å². The molecule has 0 radical (unpaired) electrons. The third-order valence-electron chi connectivity index (χ3n) is 6.98. The van der Waals surface area contributed by atoms with Crippen molar-refractivity contribution in [3.63, 3.8) is 0 Å². The Hall–Kier alpha value is -3.65. The van der Waals surface area contributed by atoms with Gasteiger partial charge in [0.2, 0.25) is 5.91 Å². The van der Waals surface area contributed by atoms with Crippen molar-refractivity contribution in [2.45, 2.75) is 50.8 Å². The van der Waals surface area contributed by atoms with Crippen LogP contribution in [0.5, 0.6) is 0 Å². The molecule has 5 rings (SSSR count). The van der Waals surface area contributed by atoms with Crippen molar-refractivity contribution in [1.29, 1.82) is 0 Å². The molecule has 0 atom stereocenters. The lowest BCUT2D eigenvalue weighted by Gasteiger charge is -2.29. The number of hydrogen-bond donors (Lipinski definition) is 0. The van der Waals surface area contributed by atoms with E-state index in [1.165, 1.54) is 12.1 Å². The van der Waals surface area contributed by atoms with Gasteiger partial charge in [0.25, 0.3) is 10.0 Å². The van der Waals surface area contributed by atoms with Gasteiger partial charge in [0.05, 0.1) is 17.2 Å². The van der Waals surface area contributed by atoms with Crippen LogP contribution in [0.4, 0.5) is 5.69 Å². The molecule has 1 aliphatic rings. The molecule has 37 heavy (non-hydrogen) atoms. The van der Waals surface area contributed by atoms with Crippen LogP contribution in [-0.4, -0.2) is 26.9 Å². The van der Waals surface area contributed by atoms with Gasteiger partial charge in [-0.15, -0.1) is 0 Å². The Morgan fingerprint density at radius 1 is 0.973 bits per heavy atom. The standard InChI is InChI=1S/C29H29NO6S/c1-3-35-29(32)27-19(2)36-26-16-14-23(18-25(26)27)30(28(31)21-10-5-4-6-11-21)37(33,34)24-15-13-20-9-7-8-12-22(20)17-24/h7-9,12-18,21H,3-6,10-11H2,1-2H3. The van der Waals surface area contributed by atoms with Crippen LogP contribution in [0.2, 0.25) is 0 Å². The number of esters is 1. The highest BCUT2D eigenvalue weighted by Crippen LogP contribution is 2.36. The van der Waals surface area contributed by atoms with E-state index in [9.17, 15) is 18.0 Å². The molecule has 0 N–H and O–H groups in total. The number of anilines is 1. The molecule has 1 aliphatic carbocycles. The number of hydrogen-bond acceptors (Lipinski definition) is 6. The van der Waals surface area contributed by atoms with E-state index in [0.29, 0.717) is 29.6 Å². The predicted molar refractivity (Wildman–Crippen MR) is 142 cm³/mol. The van der Waals surface area contributed by atoms with Gasteiger partial charge in [-0.3, -0.25) is 4.79 Å². The maximum absolute atomic E-state index is 14.1. The molecule has 1 aromatic heterocycles. The number of aryl methyl sites for hydroxylation is 1. The summed E-state index contributed by atoms with van der Waals surface area (Å²) in [6, 6.07) is 17.0. The fourth-order valence-electron chi connectivity index (χ4n) is 5.12. The van der Waals surface area contributed by atoms with Crippen molar-refractivity contribution < 1.29 is 27.2 Å². The van der Waals surface area contributed by atoms with E-state index in [4.69, 9.17) is 9.15 Å². The minimum Gasteiger partial charge on any atom is -0.462 e. The summed E-state index contributed by atoms with van der Waals surface area (Å²) in [5.41, 5.74) is 0.812. The van der Waals surface area contributed by atoms with Crippen LogP contribution in [0.3, 0.4) is 0 Å². The Morgan fingerprint density at radius 2 is 1.70 bits per heavy atom. The summed E-state index contributed by atoms with van der Waals surface area (Å²) in [5, 5.41) is 2.07. The Labute approximate surface area is 216 Å². The number of carbonyl (C=O) groups excluding carboxylic acids is 2. The van der Waals surface area contributed by atoms with Gasteiger partial charge in [-0.2, -0.15) is 0 Å². The molecule has 1 saturated carbocycles. The van der Waals surface area contributed by atoms with Gasteiger partial charge in [-0.05, 0) is 67.8 Å². The fourth-order valence-corrected chi connectivity index (χ4v) is 6.63. The average molecular weight is 520 g/mol. The summed E-state index contributed by atoms with van der Waals surface area (Å²) in [4.78, 5) is 26.6. The first-order valence-corrected chi connectivity index (χ1v) is 14.0. The molecule has 0 saturated heterocycles. The van der Waals surface area contributed by atoms with Crippen molar-refractivity contribution in [1.82, 2.24) is 0 Å². The lowest BCUT2D eigenvalue weighted by Crippen LogP contribution is -2.41. The molecule has 4 aromatic rings. The lowest BCUT2D eigenvalue weighted by atomic mass is 9.88. The first-order chi connectivity index (χ1) is 17.8. The second kappa shape index (κ2) is 10.0. The quantitative estimate of drug-likeness (QED) is 0.275. The van der Waals surface area contributed by atoms with Crippen LogP contribution in [-0.2, 0) is 19.6 Å². The summed E-state index contributed by atoms with van der Waals surface area (Å²) >= 11 is 0. The highest BCUT2D eigenvalue weighted by Gasteiger charge is 2.36. The van der Waals surface area contributed by atoms with Crippen LogP contribution in [0.1, 0.15) is 55.1 Å². The maximum Gasteiger partial charge on any atom is 0.342 e. The van der Waals surface area contributed by atoms with Gasteiger partial charge < -0.3 is 9.15 Å². The number of furan rings is 1. The average Bonchev–Trinajstić information content (AvgIpc) is 3.24. The number of ether oxygens (including phenoxy) is 1. The van der Waals surface area contributed by atoms with E-state index >= 15 is 0 Å². The predicted octanol–water partition coefficient (Wildman–Crippen LogP) is 6.37. The third-order valence-corrected chi connectivity index (χ3v) is 8.70. The number of fused-ring (bicyclic) bond motifs is 2. The topological polar surface area (TPSA) is 93.9 Å². The summed E-state index contributed by atoms with van der Waals surface area (Å²) in [6.45, 7) is 3.55. The Morgan fingerprint density at radius 3 is 2.43 bits per heavy atom. The zero-order chi connectivity index (χ0) is 26.2. The lowest BCUT2D eigenvalue weighted by molar-refractivity contribution is -0.122. The maximum atomic E-state index is 14.1. The highest BCUT2D eigenvalue weighted by atomic mass is 32.2. The molecule has 8 heteroatoms. The number of carbonyl (C=O) groups is 2. The fraction of sp³-hybridized carbons (Fsp3) is 0.310. The monoisotopic (exact) mass is 519 g/mol. The first-order valence-electron chi connectivity index (χ1n) is 12.6. The molecule has 0 aliphatic heterocycles. The molecule has 1 amide bonds. The van der Waals surface area contributed by atoms with Crippen molar-refractivity contribution >= 4 is 49.3 Å². The van der Waals surface area contributed by atoms with Crippen LogP contribution in [0.25, 0.3) is 21.7 Å². The summed E-state index contributed by atoms with van der Waals surface area (Å²) < 4.78 is 40.1. The van der Waals surface area contributed by atoms with E-state index in [1.807, 2.05) is 24.3 Å². The molecule has 7 nitrogen and oxygen atoms in total. The number of benzene rings is 3. The van der Waals surface area contributed by atoms with E-state index in [1.54, 1.807) is 38.1 Å². The molecule has 1 fully saturated rings. The third kappa shape index (κ3) is 4.62. The minimum absolute atomic E-state index is 0.0319. The molecule has 0 bridgehead atoms. The number of rotatable bonds is 6. The number of sulfonamides is 1. The molecule has 0 unspecified atom stereocenters. The van der Waals surface area contributed by atoms with Crippen molar-refractivity contribution in [2.75, 3.05) is 10.9 Å². The summed E-state index contributed by atoms with van der Waals surface area (Å²) in [5.74, 6) is -1.04. The second-order valence-electron chi connectivity index (χ2n) is 9.39. The van der Waals surface area contributed by atoms with E-state index in [-0.39, 0.29) is 22.8 Å². The van der Waals surface area contributed by atoms with Crippen molar-refractivity contribution in [2.24, 2.45) is 5.92 Å². The smallest absolute Gasteiger partial charge is 0.342 e. The minimum atomic E-state index is -4.26. The van der Waals surface area contributed by atoms with Gasteiger partial charge in [0.15, 0.2) is 0 Å². The van der Waals surface area contributed by atoms with Crippen LogP contribution in [0, 0.1) is 12.8 Å². The zero-order valence-electron chi connectivity index (χ0n) is 20.9. The Kier molecular flexibility index (Phi) is 6.77. The number of amides is 1. The molecular formula is C29H29NO6S. The molecular weight excluding hydrogens is 490 g/mol. The van der Waals surface area contributed by atoms with E-state index in [2.05, 4.69) is 0 Å². The van der Waals surface area contributed by atoms with Crippen molar-refractivity contribution in [3.8, 4) is 0 Å². The Balaban J connectivity index is 1.67. The van der Waals surface area contributed by atoms with Gasteiger partial charge in [-0.25, -0.2) is 17.5 Å². The highest BCUT2D eigenvalue weighted by molar-refractivity contribution is 7.93. The van der Waals surface area contributed by atoms with Gasteiger partial charge in [0.1, 0.15) is 16.9 Å². The molecule has 0 spiro atoms.